The molecule has 2 aliphatic heterocycles. The summed E-state index contributed by atoms with van der Waals surface area (Å²) in [4.78, 5) is 16.3. The van der Waals surface area contributed by atoms with Crippen LogP contribution >= 0.6 is 27.7 Å². The monoisotopic (exact) mass is 444 g/mol. The molecular formula is C18H13BrN4O3S. The maximum atomic E-state index is 12.3. The van der Waals surface area contributed by atoms with E-state index in [1.54, 1.807) is 12.1 Å². The van der Waals surface area contributed by atoms with Crippen molar-refractivity contribution < 1.29 is 13.9 Å². The van der Waals surface area contributed by atoms with Crippen LogP contribution in [0.15, 0.2) is 61.2 Å². The highest BCUT2D eigenvalue weighted by atomic mass is 79.9. The number of hydrogen-bond acceptors (Lipinski definition) is 6. The first-order chi connectivity index (χ1) is 13.0. The number of ether oxygens (including phenoxy) is 1. The Morgan fingerprint density at radius 3 is 2.96 bits per heavy atom. The van der Waals surface area contributed by atoms with Gasteiger partial charge in [0.1, 0.15) is 23.2 Å². The van der Waals surface area contributed by atoms with Crippen molar-refractivity contribution in [2.75, 3.05) is 6.61 Å². The molecule has 1 aromatic carbocycles. The van der Waals surface area contributed by atoms with E-state index in [0.717, 1.165) is 11.3 Å². The van der Waals surface area contributed by atoms with Crippen LogP contribution in [0.25, 0.3) is 6.08 Å². The summed E-state index contributed by atoms with van der Waals surface area (Å²) >= 11 is 4.43. The first-order valence-electron chi connectivity index (χ1n) is 7.93. The molecule has 0 fully saturated rings. The topological polar surface area (TPSA) is 91.2 Å². The first-order valence-corrected chi connectivity index (χ1v) is 9.54. The number of aliphatic imine (C=N–C) groups is 1. The Labute approximate surface area is 167 Å². The number of amides is 1. The van der Waals surface area contributed by atoms with Crippen LogP contribution in [0.3, 0.4) is 0 Å². The fourth-order valence-corrected chi connectivity index (χ4v) is 3.61. The fraction of sp³-hybridized carbons (Fsp3) is 0.111. The molecule has 1 amide bonds. The minimum Gasteiger partial charge on any atom is -0.487 e. The number of carbonyl (C=O) groups excluding carboxylic acids is 1. The van der Waals surface area contributed by atoms with Crippen molar-refractivity contribution in [3.05, 3.63) is 58.0 Å². The minimum atomic E-state index is -0.498. The Balaban J connectivity index is 1.52. The smallest absolute Gasteiger partial charge is 0.283 e. The van der Waals surface area contributed by atoms with Crippen molar-refractivity contribution in [2.45, 2.75) is 6.92 Å². The van der Waals surface area contributed by atoms with Gasteiger partial charge in [-0.1, -0.05) is 12.1 Å². The van der Waals surface area contributed by atoms with Gasteiger partial charge in [0.15, 0.2) is 10.5 Å². The Bertz CT molecular complexity index is 1040. The summed E-state index contributed by atoms with van der Waals surface area (Å²) in [5, 5.41) is 15.0. The summed E-state index contributed by atoms with van der Waals surface area (Å²) in [5.74, 6) is 0.644. The quantitative estimate of drug-likeness (QED) is 0.718. The summed E-state index contributed by atoms with van der Waals surface area (Å²) in [6, 6.07) is 11.1. The van der Waals surface area contributed by atoms with Crippen LogP contribution in [0.1, 0.15) is 11.3 Å². The number of fused-ring (bicyclic) bond motifs is 1. The van der Waals surface area contributed by atoms with Gasteiger partial charge in [-0.2, -0.15) is 15.1 Å². The van der Waals surface area contributed by atoms with Gasteiger partial charge < -0.3 is 9.15 Å². The molecule has 9 heteroatoms. The number of carbonyl (C=O) groups is 1. The van der Waals surface area contributed by atoms with Crippen molar-refractivity contribution in [1.82, 2.24) is 5.01 Å². The van der Waals surface area contributed by atoms with E-state index in [1.165, 1.54) is 22.8 Å². The number of aryl methyl sites for hydroxylation is 1. The largest absolute Gasteiger partial charge is 0.487 e. The van der Waals surface area contributed by atoms with Gasteiger partial charge in [0.25, 0.3) is 5.91 Å². The van der Waals surface area contributed by atoms with E-state index in [2.05, 4.69) is 26.0 Å². The van der Waals surface area contributed by atoms with E-state index in [0.29, 0.717) is 20.6 Å². The van der Waals surface area contributed by atoms with Crippen LogP contribution in [0.5, 0.6) is 5.75 Å². The number of thioether (sulfide) groups is 1. The van der Waals surface area contributed by atoms with E-state index in [-0.39, 0.29) is 18.0 Å². The lowest BCUT2D eigenvalue weighted by Gasteiger charge is -2.19. The molecule has 136 valence electrons. The van der Waals surface area contributed by atoms with Gasteiger partial charge in [-0.25, -0.2) is 0 Å². The highest BCUT2D eigenvalue weighted by Gasteiger charge is 2.35. The number of nitrogens with one attached hydrogen (secondary N) is 1. The van der Waals surface area contributed by atoms with Gasteiger partial charge in [0.2, 0.25) is 5.17 Å². The molecule has 0 radical (unpaired) electrons. The summed E-state index contributed by atoms with van der Waals surface area (Å²) in [7, 11) is 0. The molecule has 0 unspecified atom stereocenters. The predicted molar refractivity (Wildman–Crippen MR) is 108 cm³/mol. The summed E-state index contributed by atoms with van der Waals surface area (Å²) in [6.07, 6.45) is 1.48. The van der Waals surface area contributed by atoms with Crippen LogP contribution in [-0.2, 0) is 4.79 Å². The zero-order chi connectivity index (χ0) is 19.0. The van der Waals surface area contributed by atoms with E-state index < -0.39 is 5.91 Å². The number of amidine groups is 2. The van der Waals surface area contributed by atoms with E-state index in [1.807, 2.05) is 31.2 Å². The Morgan fingerprint density at radius 1 is 1.37 bits per heavy atom. The number of rotatable bonds is 4. The second kappa shape index (κ2) is 7.16. The highest BCUT2D eigenvalue weighted by molar-refractivity contribution is 9.10. The van der Waals surface area contributed by atoms with Gasteiger partial charge in [0, 0.05) is 0 Å². The maximum Gasteiger partial charge on any atom is 0.283 e. The lowest BCUT2D eigenvalue weighted by Crippen LogP contribution is -2.35. The number of hydrogen-bond donors (Lipinski definition) is 1. The number of hydrazone groups is 1. The van der Waals surface area contributed by atoms with Crippen molar-refractivity contribution in [2.24, 2.45) is 10.1 Å². The van der Waals surface area contributed by atoms with Crippen LogP contribution < -0.4 is 4.74 Å². The minimum absolute atomic E-state index is 0.0458. The normalized spacial score (nSPS) is 17.9. The molecular weight excluding hydrogens is 432 g/mol. The van der Waals surface area contributed by atoms with Crippen LogP contribution in [0.4, 0.5) is 0 Å². The molecule has 0 aliphatic carbocycles. The lowest BCUT2D eigenvalue weighted by molar-refractivity contribution is -0.114. The molecule has 0 bridgehead atoms. The van der Waals surface area contributed by atoms with Gasteiger partial charge in [-0.3, -0.25) is 10.2 Å². The highest BCUT2D eigenvalue weighted by Crippen LogP contribution is 2.29. The number of nitrogens with zero attached hydrogens (tertiary/aromatic N) is 3. The third-order valence-electron chi connectivity index (χ3n) is 3.73. The Hall–Kier alpha value is -2.65. The van der Waals surface area contributed by atoms with Crippen molar-refractivity contribution >= 4 is 55.7 Å². The summed E-state index contributed by atoms with van der Waals surface area (Å²) in [6.45, 7) is 2.22. The van der Waals surface area contributed by atoms with Crippen LogP contribution in [0.2, 0.25) is 0 Å². The SMILES string of the molecule is Cc1cccc(OCC2=NN3C(=N)C(=Cc4ccc(Br)o4)C(=O)N=C3S2)c1. The summed E-state index contributed by atoms with van der Waals surface area (Å²) < 4.78 is 11.7. The molecule has 3 heterocycles. The van der Waals surface area contributed by atoms with E-state index in [4.69, 9.17) is 14.6 Å². The van der Waals surface area contributed by atoms with E-state index in [9.17, 15) is 4.79 Å². The third kappa shape index (κ3) is 3.74. The van der Waals surface area contributed by atoms with Gasteiger partial charge in [0.05, 0.1) is 5.57 Å². The van der Waals surface area contributed by atoms with Gasteiger partial charge >= 0.3 is 0 Å². The summed E-state index contributed by atoms with van der Waals surface area (Å²) in [5.41, 5.74) is 1.22. The lowest BCUT2D eigenvalue weighted by atomic mass is 10.1. The molecule has 1 aromatic heterocycles. The van der Waals surface area contributed by atoms with Crippen molar-refractivity contribution in [3.63, 3.8) is 0 Å². The molecule has 27 heavy (non-hydrogen) atoms. The zero-order valence-electron chi connectivity index (χ0n) is 14.1. The average Bonchev–Trinajstić information content (AvgIpc) is 3.23. The number of benzene rings is 1. The molecule has 0 saturated carbocycles. The maximum absolute atomic E-state index is 12.3. The first kappa shape index (κ1) is 17.7. The second-order valence-corrected chi connectivity index (χ2v) is 7.58. The molecule has 0 atom stereocenters. The fourth-order valence-electron chi connectivity index (χ4n) is 2.49. The van der Waals surface area contributed by atoms with Gasteiger partial charge in [-0.15, -0.1) is 0 Å². The molecule has 4 rings (SSSR count). The molecule has 2 aliphatic rings. The van der Waals surface area contributed by atoms with Crippen molar-refractivity contribution in [3.8, 4) is 5.75 Å². The standard InChI is InChI=1S/C18H13BrN4O3S/c1-10-3-2-4-11(7-10)25-9-15-22-23-16(20)13(17(24)21-18(23)27-15)8-12-5-6-14(19)26-12/h2-8,20H,9H2,1H3. The zero-order valence-corrected chi connectivity index (χ0v) is 16.5. The van der Waals surface area contributed by atoms with Crippen LogP contribution in [-0.4, -0.2) is 33.6 Å². The molecule has 0 spiro atoms. The van der Waals surface area contributed by atoms with E-state index >= 15 is 0 Å². The average molecular weight is 445 g/mol. The third-order valence-corrected chi connectivity index (χ3v) is 5.04. The number of furan rings is 1. The Kier molecular flexibility index (Phi) is 4.71. The molecule has 7 nitrogen and oxygen atoms in total. The van der Waals surface area contributed by atoms with Gasteiger partial charge in [-0.05, 0) is 70.5 Å². The van der Waals surface area contributed by atoms with Crippen molar-refractivity contribution in [1.29, 1.82) is 5.41 Å². The second-order valence-electron chi connectivity index (χ2n) is 5.76. The molecule has 2 aromatic rings. The molecule has 1 N–H and O–H groups in total. The number of halogens is 1. The molecule has 0 saturated heterocycles. The Morgan fingerprint density at radius 2 is 2.22 bits per heavy atom. The predicted octanol–water partition coefficient (Wildman–Crippen LogP) is 4.05. The van der Waals surface area contributed by atoms with Crippen LogP contribution in [0, 0.1) is 12.3 Å².